The van der Waals surface area contributed by atoms with Crippen LogP contribution in [-0.4, -0.2) is 24.4 Å². The molecule has 1 aromatic rings. The zero-order chi connectivity index (χ0) is 16.5. The molecule has 1 aromatic carbocycles. The van der Waals surface area contributed by atoms with E-state index >= 15 is 0 Å². The third-order valence-electron chi connectivity index (χ3n) is 2.53. The fourth-order valence-corrected chi connectivity index (χ4v) is 2.74. The number of esters is 1. The summed E-state index contributed by atoms with van der Waals surface area (Å²) in [5.41, 5.74) is 1.24. The van der Waals surface area contributed by atoms with Gasteiger partial charge in [-0.15, -0.1) is 0 Å². The number of carbonyl (C=O) groups is 1. The van der Waals surface area contributed by atoms with Gasteiger partial charge in [-0.1, -0.05) is 35.5 Å². The number of benzene rings is 1. The molecule has 0 spiro atoms. The number of hydrogen-bond donors (Lipinski definition) is 1. The van der Waals surface area contributed by atoms with Crippen molar-refractivity contribution in [2.24, 2.45) is 0 Å². The summed E-state index contributed by atoms with van der Waals surface area (Å²) in [7, 11) is 0. The lowest BCUT2D eigenvalue weighted by molar-refractivity contribution is -0.139. The third kappa shape index (κ3) is 6.00. The maximum Gasteiger partial charge on any atom is 0.316 e. The molecule has 0 saturated carbocycles. The van der Waals surface area contributed by atoms with E-state index in [-0.39, 0.29) is 17.8 Å². The molecular formula is C16H19ClN2O2S. The highest BCUT2D eigenvalue weighted by Gasteiger charge is 2.13. The number of thioether (sulfide) groups is 1. The van der Waals surface area contributed by atoms with Gasteiger partial charge in [-0.3, -0.25) is 4.79 Å². The molecule has 0 aliphatic carbocycles. The van der Waals surface area contributed by atoms with E-state index in [0.717, 1.165) is 5.56 Å². The second kappa shape index (κ2) is 9.39. The predicted molar refractivity (Wildman–Crippen MR) is 91.3 cm³/mol. The van der Waals surface area contributed by atoms with Crippen LogP contribution in [0.4, 0.5) is 0 Å². The number of hydrogen-bond acceptors (Lipinski definition) is 5. The average Bonchev–Trinajstić information content (AvgIpc) is 2.47. The summed E-state index contributed by atoms with van der Waals surface area (Å²) in [5, 5.41) is 14.0. The highest BCUT2D eigenvalue weighted by atomic mass is 35.5. The lowest BCUT2D eigenvalue weighted by Gasteiger charge is -2.16. The van der Waals surface area contributed by atoms with E-state index in [9.17, 15) is 10.1 Å². The Bertz CT molecular complexity index is 577. The van der Waals surface area contributed by atoms with Crippen LogP contribution < -0.4 is 5.32 Å². The van der Waals surface area contributed by atoms with Crippen LogP contribution in [0, 0.1) is 11.3 Å². The SMILES string of the molecule is CCOC(=O)CS/C(NC(C)C)=C(/C#N)c1ccc(Cl)cc1. The first-order valence-corrected chi connectivity index (χ1v) is 8.29. The number of allylic oxidation sites excluding steroid dienone is 1. The van der Waals surface area contributed by atoms with Gasteiger partial charge in [0.05, 0.1) is 23.0 Å². The molecule has 1 rings (SSSR count). The number of ether oxygens (including phenoxy) is 1. The molecular weight excluding hydrogens is 320 g/mol. The smallest absolute Gasteiger partial charge is 0.316 e. The molecule has 0 atom stereocenters. The van der Waals surface area contributed by atoms with Crippen molar-refractivity contribution >= 4 is 34.9 Å². The van der Waals surface area contributed by atoms with Crippen molar-refractivity contribution in [2.45, 2.75) is 26.8 Å². The number of rotatable bonds is 7. The van der Waals surface area contributed by atoms with Crippen molar-refractivity contribution in [3.8, 4) is 6.07 Å². The minimum Gasteiger partial charge on any atom is -0.465 e. The Hall–Kier alpha value is -1.64. The molecule has 0 amide bonds. The van der Waals surface area contributed by atoms with E-state index in [0.29, 0.717) is 22.2 Å². The van der Waals surface area contributed by atoms with E-state index in [4.69, 9.17) is 16.3 Å². The first kappa shape index (κ1) is 18.4. The van der Waals surface area contributed by atoms with E-state index in [1.54, 1.807) is 31.2 Å². The van der Waals surface area contributed by atoms with E-state index in [1.165, 1.54) is 11.8 Å². The fourth-order valence-electron chi connectivity index (χ4n) is 1.64. The summed E-state index contributed by atoms with van der Waals surface area (Å²) in [6.45, 7) is 6.06. The Labute approximate surface area is 140 Å². The molecule has 118 valence electrons. The minimum absolute atomic E-state index is 0.139. The molecule has 6 heteroatoms. The molecule has 0 aliphatic rings. The summed E-state index contributed by atoms with van der Waals surface area (Å²) in [6, 6.07) is 9.38. The van der Waals surface area contributed by atoms with Gasteiger partial charge in [0.15, 0.2) is 0 Å². The van der Waals surface area contributed by atoms with Gasteiger partial charge in [-0.25, -0.2) is 0 Å². The summed E-state index contributed by atoms with van der Waals surface area (Å²) in [5.74, 6) is -0.147. The normalized spacial score (nSPS) is 11.6. The Morgan fingerprint density at radius 3 is 2.55 bits per heavy atom. The van der Waals surface area contributed by atoms with Gasteiger partial charge in [0.2, 0.25) is 0 Å². The Balaban J connectivity index is 3.05. The molecule has 0 saturated heterocycles. The Morgan fingerprint density at radius 1 is 1.41 bits per heavy atom. The molecule has 0 heterocycles. The number of nitrogens with zero attached hydrogens (tertiary/aromatic N) is 1. The second-order valence-corrected chi connectivity index (χ2v) is 6.14. The Morgan fingerprint density at radius 2 is 2.05 bits per heavy atom. The van der Waals surface area contributed by atoms with Crippen LogP contribution >= 0.6 is 23.4 Å². The molecule has 0 unspecified atom stereocenters. The summed E-state index contributed by atoms with van der Waals surface area (Å²) in [4.78, 5) is 11.5. The van der Waals surface area contributed by atoms with Crippen LogP contribution in [0.1, 0.15) is 26.3 Å². The predicted octanol–water partition coefficient (Wildman–Crippen LogP) is 3.83. The maximum absolute atomic E-state index is 11.5. The van der Waals surface area contributed by atoms with Crippen LogP contribution in [-0.2, 0) is 9.53 Å². The van der Waals surface area contributed by atoms with Crippen molar-refractivity contribution in [1.29, 1.82) is 5.26 Å². The first-order chi connectivity index (χ1) is 10.5. The number of halogens is 1. The van der Waals surface area contributed by atoms with Gasteiger partial charge in [-0.2, -0.15) is 5.26 Å². The average molecular weight is 339 g/mol. The topological polar surface area (TPSA) is 62.1 Å². The quantitative estimate of drug-likeness (QED) is 0.604. The van der Waals surface area contributed by atoms with Gasteiger partial charge in [0, 0.05) is 11.1 Å². The summed E-state index contributed by atoms with van der Waals surface area (Å²) >= 11 is 7.15. The molecule has 0 radical (unpaired) electrons. The van der Waals surface area contributed by atoms with Crippen molar-refractivity contribution < 1.29 is 9.53 Å². The number of carbonyl (C=O) groups excluding carboxylic acids is 1. The van der Waals surface area contributed by atoms with Crippen LogP contribution in [0.25, 0.3) is 5.57 Å². The molecule has 22 heavy (non-hydrogen) atoms. The molecule has 0 bridgehead atoms. The zero-order valence-electron chi connectivity index (χ0n) is 12.9. The maximum atomic E-state index is 11.5. The monoisotopic (exact) mass is 338 g/mol. The summed E-state index contributed by atoms with van der Waals surface area (Å²) in [6.07, 6.45) is 0. The molecule has 0 fully saturated rings. The lowest BCUT2D eigenvalue weighted by Crippen LogP contribution is -2.22. The van der Waals surface area contributed by atoms with Gasteiger partial charge in [-0.05, 0) is 38.5 Å². The molecule has 0 aliphatic heterocycles. The van der Waals surface area contributed by atoms with E-state index in [2.05, 4.69) is 11.4 Å². The number of nitriles is 1. The van der Waals surface area contributed by atoms with Crippen LogP contribution in [0.5, 0.6) is 0 Å². The minimum atomic E-state index is -0.302. The third-order valence-corrected chi connectivity index (χ3v) is 3.77. The highest BCUT2D eigenvalue weighted by molar-refractivity contribution is 8.03. The van der Waals surface area contributed by atoms with Crippen LogP contribution in [0.2, 0.25) is 5.02 Å². The van der Waals surface area contributed by atoms with Gasteiger partial charge in [0.25, 0.3) is 0 Å². The van der Waals surface area contributed by atoms with Crippen molar-refractivity contribution in [1.82, 2.24) is 5.32 Å². The summed E-state index contributed by atoms with van der Waals surface area (Å²) < 4.78 is 4.92. The Kier molecular flexibility index (Phi) is 7.86. The standard InChI is InChI=1S/C16H19ClN2O2S/c1-4-21-15(20)10-22-16(19-11(2)3)14(9-18)12-5-7-13(17)8-6-12/h5-8,11,19H,4,10H2,1-3H3/b16-14-. The van der Waals surface area contributed by atoms with E-state index in [1.807, 2.05) is 13.8 Å². The lowest BCUT2D eigenvalue weighted by atomic mass is 10.1. The first-order valence-electron chi connectivity index (χ1n) is 6.93. The highest BCUT2D eigenvalue weighted by Crippen LogP contribution is 2.26. The zero-order valence-corrected chi connectivity index (χ0v) is 14.4. The number of nitrogens with one attached hydrogen (secondary N) is 1. The van der Waals surface area contributed by atoms with Crippen LogP contribution in [0.3, 0.4) is 0 Å². The van der Waals surface area contributed by atoms with Crippen molar-refractivity contribution in [3.63, 3.8) is 0 Å². The van der Waals surface area contributed by atoms with E-state index < -0.39 is 0 Å². The van der Waals surface area contributed by atoms with Gasteiger partial charge in [0.1, 0.15) is 6.07 Å². The van der Waals surface area contributed by atoms with Gasteiger partial charge >= 0.3 is 5.97 Å². The van der Waals surface area contributed by atoms with Crippen molar-refractivity contribution in [2.75, 3.05) is 12.4 Å². The second-order valence-electron chi connectivity index (χ2n) is 4.72. The molecule has 4 nitrogen and oxygen atoms in total. The molecule has 0 aromatic heterocycles. The van der Waals surface area contributed by atoms with Crippen molar-refractivity contribution in [3.05, 3.63) is 39.9 Å². The largest absolute Gasteiger partial charge is 0.465 e. The fraction of sp³-hybridized carbons (Fsp3) is 0.375. The molecule has 1 N–H and O–H groups in total. The van der Waals surface area contributed by atoms with Crippen LogP contribution in [0.15, 0.2) is 29.3 Å². The van der Waals surface area contributed by atoms with Gasteiger partial charge < -0.3 is 10.1 Å².